The summed E-state index contributed by atoms with van der Waals surface area (Å²) in [6.07, 6.45) is 0. The van der Waals surface area contributed by atoms with Crippen molar-refractivity contribution in [3.8, 4) is 0 Å². The molecule has 1 aromatic rings. The van der Waals surface area contributed by atoms with E-state index in [1.807, 2.05) is 32.0 Å². The minimum Gasteiger partial charge on any atom is -0.347 e. The lowest BCUT2D eigenvalue weighted by atomic mass is 10.1. The molecule has 2 N–H and O–H groups in total. The lowest BCUT2D eigenvalue weighted by Crippen LogP contribution is -2.40. The zero-order valence-electron chi connectivity index (χ0n) is 13.3. The van der Waals surface area contributed by atoms with Crippen LogP contribution in [0.5, 0.6) is 0 Å². The highest BCUT2D eigenvalue weighted by atomic mass is 16.2. The predicted octanol–water partition coefficient (Wildman–Crippen LogP) is 1.70. The van der Waals surface area contributed by atoms with Crippen molar-refractivity contribution in [2.24, 2.45) is 0 Å². The molecule has 0 spiro atoms. The molecule has 1 aromatic carbocycles. The summed E-state index contributed by atoms with van der Waals surface area (Å²) in [5, 5.41) is 5.30. The van der Waals surface area contributed by atoms with Gasteiger partial charge < -0.3 is 15.5 Å². The van der Waals surface area contributed by atoms with Gasteiger partial charge in [-0.05, 0) is 44.1 Å². The monoisotopic (exact) mass is 291 g/mol. The van der Waals surface area contributed by atoms with E-state index in [2.05, 4.69) is 29.4 Å². The molecule has 0 atom stereocenters. The van der Waals surface area contributed by atoms with Gasteiger partial charge >= 0.3 is 11.8 Å². The quantitative estimate of drug-likeness (QED) is 0.784. The van der Waals surface area contributed by atoms with E-state index in [9.17, 15) is 9.59 Å². The van der Waals surface area contributed by atoms with Crippen molar-refractivity contribution in [3.63, 3.8) is 0 Å². The summed E-state index contributed by atoms with van der Waals surface area (Å²) < 4.78 is 0. The number of nitrogens with one attached hydrogen (secondary N) is 2. The molecular weight excluding hydrogens is 266 g/mol. The zero-order valence-corrected chi connectivity index (χ0v) is 13.3. The molecule has 0 aliphatic heterocycles. The topological polar surface area (TPSA) is 61.4 Å². The summed E-state index contributed by atoms with van der Waals surface area (Å²) in [6, 6.07) is 5.74. The van der Waals surface area contributed by atoms with Crippen molar-refractivity contribution in [2.75, 3.05) is 31.5 Å². The highest BCUT2D eigenvalue weighted by Crippen LogP contribution is 2.15. The number of aryl methyl sites for hydroxylation is 2. The average Bonchev–Trinajstić information content (AvgIpc) is 2.47. The maximum Gasteiger partial charge on any atom is 0.313 e. The Hall–Kier alpha value is -1.88. The lowest BCUT2D eigenvalue weighted by molar-refractivity contribution is -0.136. The van der Waals surface area contributed by atoms with Crippen molar-refractivity contribution in [1.29, 1.82) is 0 Å². The number of hydrogen-bond acceptors (Lipinski definition) is 3. The molecule has 5 heteroatoms. The molecule has 0 fully saturated rings. The molecule has 0 aromatic heterocycles. The number of carbonyl (C=O) groups is 2. The standard InChI is InChI=1S/C16H25N3O2/c1-5-19(6-2)10-9-17-15(20)16(21)18-14-11-12(3)7-8-13(14)4/h7-8,11H,5-6,9-10H2,1-4H3,(H,17,20)(H,18,21). The van der Waals surface area contributed by atoms with Crippen molar-refractivity contribution in [3.05, 3.63) is 29.3 Å². The number of amides is 2. The molecule has 1 rings (SSSR count). The number of rotatable bonds is 6. The highest BCUT2D eigenvalue weighted by Gasteiger charge is 2.14. The fraction of sp³-hybridized carbons (Fsp3) is 0.500. The van der Waals surface area contributed by atoms with Gasteiger partial charge in [-0.15, -0.1) is 0 Å². The van der Waals surface area contributed by atoms with Gasteiger partial charge in [-0.1, -0.05) is 26.0 Å². The number of carbonyl (C=O) groups excluding carboxylic acids is 2. The van der Waals surface area contributed by atoms with Crippen LogP contribution in [0.25, 0.3) is 0 Å². The van der Waals surface area contributed by atoms with Crippen molar-refractivity contribution in [1.82, 2.24) is 10.2 Å². The van der Waals surface area contributed by atoms with Crippen LogP contribution in [0.3, 0.4) is 0 Å². The third-order valence-electron chi connectivity index (χ3n) is 3.46. The van der Waals surface area contributed by atoms with Gasteiger partial charge in [-0.3, -0.25) is 9.59 Å². The molecule has 2 amide bonds. The lowest BCUT2D eigenvalue weighted by Gasteiger charge is -2.17. The third kappa shape index (κ3) is 5.55. The Labute approximate surface area is 126 Å². The van der Waals surface area contributed by atoms with Crippen LogP contribution in [0.15, 0.2) is 18.2 Å². The molecule has 0 bridgehead atoms. The molecule has 0 heterocycles. The molecule has 0 aliphatic rings. The molecule has 116 valence electrons. The Morgan fingerprint density at radius 2 is 1.76 bits per heavy atom. The van der Waals surface area contributed by atoms with Crippen molar-refractivity contribution >= 4 is 17.5 Å². The second-order valence-corrected chi connectivity index (χ2v) is 5.06. The summed E-state index contributed by atoms with van der Waals surface area (Å²) in [4.78, 5) is 25.8. The first-order valence-electron chi connectivity index (χ1n) is 7.36. The van der Waals surface area contributed by atoms with Crippen LogP contribution >= 0.6 is 0 Å². The van der Waals surface area contributed by atoms with E-state index in [1.54, 1.807) is 0 Å². The maximum absolute atomic E-state index is 11.9. The number of nitrogens with zero attached hydrogens (tertiary/aromatic N) is 1. The zero-order chi connectivity index (χ0) is 15.8. The molecule has 0 saturated heterocycles. The summed E-state index contributed by atoms with van der Waals surface area (Å²) in [5.41, 5.74) is 2.65. The SMILES string of the molecule is CCN(CC)CCNC(=O)C(=O)Nc1cc(C)ccc1C. The van der Waals surface area contributed by atoms with E-state index in [-0.39, 0.29) is 0 Å². The van der Waals surface area contributed by atoms with Gasteiger partial charge in [-0.2, -0.15) is 0 Å². The Kier molecular flexibility index (Phi) is 6.88. The van der Waals surface area contributed by atoms with Gasteiger partial charge in [0, 0.05) is 18.8 Å². The minimum absolute atomic E-state index is 0.473. The smallest absolute Gasteiger partial charge is 0.313 e. The van der Waals surface area contributed by atoms with E-state index in [0.29, 0.717) is 12.2 Å². The second kappa shape index (κ2) is 8.42. The summed E-state index contributed by atoms with van der Waals surface area (Å²) in [7, 11) is 0. The summed E-state index contributed by atoms with van der Waals surface area (Å²) in [5.74, 6) is -1.22. The third-order valence-corrected chi connectivity index (χ3v) is 3.46. The van der Waals surface area contributed by atoms with Crippen LogP contribution in [0.1, 0.15) is 25.0 Å². The Morgan fingerprint density at radius 1 is 1.10 bits per heavy atom. The van der Waals surface area contributed by atoms with Crippen molar-refractivity contribution < 1.29 is 9.59 Å². The normalized spacial score (nSPS) is 10.5. The van der Waals surface area contributed by atoms with E-state index < -0.39 is 11.8 Å². The molecule has 5 nitrogen and oxygen atoms in total. The van der Waals surface area contributed by atoms with Gasteiger partial charge in [0.15, 0.2) is 0 Å². The number of benzene rings is 1. The Balaban J connectivity index is 2.48. The fourth-order valence-corrected chi connectivity index (χ4v) is 2.00. The van der Waals surface area contributed by atoms with Gasteiger partial charge in [0.2, 0.25) is 0 Å². The van der Waals surface area contributed by atoms with Crippen LogP contribution in [0.4, 0.5) is 5.69 Å². The first-order valence-corrected chi connectivity index (χ1v) is 7.36. The summed E-state index contributed by atoms with van der Waals surface area (Å²) in [6.45, 7) is 11.1. The molecule has 0 unspecified atom stereocenters. The van der Waals surface area contributed by atoms with Crippen LogP contribution in [-0.2, 0) is 9.59 Å². The van der Waals surface area contributed by atoms with Gasteiger partial charge in [-0.25, -0.2) is 0 Å². The number of anilines is 1. The van der Waals surface area contributed by atoms with Crippen LogP contribution < -0.4 is 10.6 Å². The number of likely N-dealkylation sites (N-methyl/N-ethyl adjacent to an activating group) is 1. The maximum atomic E-state index is 11.9. The highest BCUT2D eigenvalue weighted by molar-refractivity contribution is 6.39. The van der Waals surface area contributed by atoms with Gasteiger partial charge in [0.05, 0.1) is 0 Å². The van der Waals surface area contributed by atoms with Gasteiger partial charge in [0.25, 0.3) is 0 Å². The Morgan fingerprint density at radius 3 is 2.38 bits per heavy atom. The Bertz CT molecular complexity index is 496. The van der Waals surface area contributed by atoms with E-state index in [1.165, 1.54) is 0 Å². The summed E-state index contributed by atoms with van der Waals surface area (Å²) >= 11 is 0. The van der Waals surface area contributed by atoms with E-state index in [4.69, 9.17) is 0 Å². The van der Waals surface area contributed by atoms with Crippen LogP contribution in [0.2, 0.25) is 0 Å². The van der Waals surface area contributed by atoms with Gasteiger partial charge in [0.1, 0.15) is 0 Å². The largest absolute Gasteiger partial charge is 0.347 e. The molecule has 0 aliphatic carbocycles. The van der Waals surface area contributed by atoms with Crippen LogP contribution in [-0.4, -0.2) is 42.9 Å². The fourth-order valence-electron chi connectivity index (χ4n) is 2.00. The van der Waals surface area contributed by atoms with E-state index in [0.717, 1.165) is 30.8 Å². The molecule has 0 saturated carbocycles. The molecule has 21 heavy (non-hydrogen) atoms. The van der Waals surface area contributed by atoms with E-state index >= 15 is 0 Å². The predicted molar refractivity (Wildman–Crippen MR) is 85.3 cm³/mol. The first kappa shape index (κ1) is 17.2. The first-order chi connectivity index (χ1) is 9.97. The number of hydrogen-bond donors (Lipinski definition) is 2. The molecular formula is C16H25N3O2. The van der Waals surface area contributed by atoms with Crippen molar-refractivity contribution in [2.45, 2.75) is 27.7 Å². The second-order valence-electron chi connectivity index (χ2n) is 5.06. The molecule has 0 radical (unpaired) electrons. The average molecular weight is 291 g/mol. The minimum atomic E-state index is -0.622. The van der Waals surface area contributed by atoms with Crippen LogP contribution in [0, 0.1) is 13.8 Å².